The van der Waals surface area contributed by atoms with E-state index in [2.05, 4.69) is 9.97 Å². The normalized spacial score (nSPS) is 9.71. The summed E-state index contributed by atoms with van der Waals surface area (Å²) in [6.45, 7) is 1.51. The molecule has 0 saturated heterocycles. The van der Waals surface area contributed by atoms with E-state index < -0.39 is 5.82 Å². The van der Waals surface area contributed by atoms with Crippen molar-refractivity contribution >= 4 is 0 Å². The van der Waals surface area contributed by atoms with Crippen LogP contribution in [0.5, 0.6) is 11.8 Å². The summed E-state index contributed by atoms with van der Waals surface area (Å²) in [7, 11) is 0. The second-order valence-corrected chi connectivity index (χ2v) is 3.30. The molecule has 0 atom stereocenters. The molecule has 1 heterocycles. The Hall–Kier alpha value is -2.48. The largest absolute Gasteiger partial charge is 0.423 e. The van der Waals surface area contributed by atoms with E-state index in [0.29, 0.717) is 11.3 Å². The molecule has 0 bridgehead atoms. The average Bonchev–Trinajstić information content (AvgIpc) is 2.34. The first-order valence-corrected chi connectivity index (χ1v) is 4.87. The zero-order valence-electron chi connectivity index (χ0n) is 9.01. The maximum absolute atomic E-state index is 13.0. The summed E-state index contributed by atoms with van der Waals surface area (Å²) < 4.78 is 18.3. The third-order valence-corrected chi connectivity index (χ3v) is 2.11. The molecule has 17 heavy (non-hydrogen) atoms. The van der Waals surface area contributed by atoms with Gasteiger partial charge in [0.2, 0.25) is 0 Å². The van der Waals surface area contributed by atoms with E-state index in [4.69, 9.17) is 10.00 Å². The molecule has 0 fully saturated rings. The third-order valence-electron chi connectivity index (χ3n) is 2.11. The van der Waals surface area contributed by atoms with Gasteiger partial charge in [0, 0.05) is 0 Å². The first-order valence-electron chi connectivity index (χ1n) is 4.87. The predicted octanol–water partition coefficient (Wildman–Crippen LogP) is 2.59. The van der Waals surface area contributed by atoms with Crippen molar-refractivity contribution < 1.29 is 9.13 Å². The minimum absolute atomic E-state index is 0.0200. The van der Waals surface area contributed by atoms with Crippen LogP contribution in [-0.2, 0) is 0 Å². The molecule has 2 aromatic rings. The number of rotatable bonds is 2. The van der Waals surface area contributed by atoms with E-state index in [0.717, 1.165) is 6.20 Å². The van der Waals surface area contributed by atoms with Crippen LogP contribution >= 0.6 is 0 Å². The van der Waals surface area contributed by atoms with Gasteiger partial charge in [-0.3, -0.25) is 0 Å². The highest BCUT2D eigenvalue weighted by molar-refractivity contribution is 5.43. The van der Waals surface area contributed by atoms with Crippen LogP contribution in [0.15, 0.2) is 30.5 Å². The summed E-state index contributed by atoms with van der Waals surface area (Å²) in [5.74, 6) is -0.146. The number of nitriles is 1. The van der Waals surface area contributed by atoms with E-state index in [9.17, 15) is 4.39 Å². The number of hydrogen-bond donors (Lipinski definition) is 0. The lowest BCUT2D eigenvalue weighted by Gasteiger charge is -2.05. The fourth-order valence-corrected chi connectivity index (χ4v) is 1.23. The Balaban J connectivity index is 2.32. The monoisotopic (exact) mass is 229 g/mol. The molecule has 0 spiro atoms. The Bertz CT molecular complexity index is 593. The first-order chi connectivity index (χ1) is 8.20. The fraction of sp³-hybridized carbons (Fsp3) is 0.0833. The van der Waals surface area contributed by atoms with Gasteiger partial charge in [-0.15, -0.1) is 0 Å². The van der Waals surface area contributed by atoms with Crippen molar-refractivity contribution in [2.75, 3.05) is 0 Å². The molecule has 1 aromatic heterocycles. The van der Waals surface area contributed by atoms with Gasteiger partial charge in [-0.1, -0.05) is 12.1 Å². The number of hydrogen-bond acceptors (Lipinski definition) is 4. The number of para-hydroxylation sites is 1. The van der Waals surface area contributed by atoms with Crippen molar-refractivity contribution in [1.82, 2.24) is 9.97 Å². The number of aromatic nitrogens is 2. The topological polar surface area (TPSA) is 58.8 Å². The van der Waals surface area contributed by atoms with Crippen molar-refractivity contribution in [3.63, 3.8) is 0 Å². The maximum atomic E-state index is 13.0. The van der Waals surface area contributed by atoms with Gasteiger partial charge in [0.15, 0.2) is 5.82 Å². The SMILES string of the molecule is Cc1nc(Oc2ccccc2C#N)ncc1F. The lowest BCUT2D eigenvalue weighted by molar-refractivity contribution is 0.432. The summed E-state index contributed by atoms with van der Waals surface area (Å²) >= 11 is 0. The highest BCUT2D eigenvalue weighted by Crippen LogP contribution is 2.22. The predicted molar refractivity (Wildman–Crippen MR) is 58.0 cm³/mol. The third kappa shape index (κ3) is 2.37. The second-order valence-electron chi connectivity index (χ2n) is 3.30. The van der Waals surface area contributed by atoms with Gasteiger partial charge >= 0.3 is 6.01 Å². The highest BCUT2D eigenvalue weighted by Gasteiger charge is 2.07. The van der Waals surface area contributed by atoms with Crippen LogP contribution in [0.25, 0.3) is 0 Å². The van der Waals surface area contributed by atoms with Crippen LogP contribution in [0.4, 0.5) is 4.39 Å². The number of aryl methyl sites for hydroxylation is 1. The molecule has 4 nitrogen and oxygen atoms in total. The standard InChI is InChI=1S/C12H8FN3O/c1-8-10(13)7-15-12(16-8)17-11-5-3-2-4-9(11)6-14/h2-5,7H,1H3. The van der Waals surface area contributed by atoms with Crippen LogP contribution in [0.2, 0.25) is 0 Å². The summed E-state index contributed by atoms with van der Waals surface area (Å²) in [5, 5.41) is 8.86. The Morgan fingerprint density at radius 1 is 1.35 bits per heavy atom. The smallest absolute Gasteiger partial charge is 0.322 e. The second kappa shape index (κ2) is 4.58. The molecule has 0 aliphatic carbocycles. The molecule has 84 valence electrons. The van der Waals surface area contributed by atoms with Gasteiger partial charge in [0.05, 0.1) is 17.5 Å². The molecule has 0 unspecified atom stereocenters. The zero-order chi connectivity index (χ0) is 12.3. The van der Waals surface area contributed by atoms with Crippen LogP contribution in [0.1, 0.15) is 11.3 Å². The Morgan fingerprint density at radius 2 is 2.12 bits per heavy atom. The molecule has 5 heteroatoms. The van der Waals surface area contributed by atoms with Gasteiger partial charge < -0.3 is 4.74 Å². The van der Waals surface area contributed by atoms with E-state index in [-0.39, 0.29) is 11.7 Å². The molecule has 0 N–H and O–H groups in total. The van der Waals surface area contributed by atoms with Gasteiger partial charge in [-0.05, 0) is 19.1 Å². The lowest BCUT2D eigenvalue weighted by Crippen LogP contribution is -1.97. The van der Waals surface area contributed by atoms with Crippen molar-refractivity contribution in [3.8, 4) is 17.8 Å². The van der Waals surface area contributed by atoms with E-state index in [1.807, 2.05) is 6.07 Å². The van der Waals surface area contributed by atoms with Crippen molar-refractivity contribution in [2.45, 2.75) is 6.92 Å². The summed E-state index contributed by atoms with van der Waals surface area (Å²) in [4.78, 5) is 7.52. The molecular weight excluding hydrogens is 221 g/mol. The van der Waals surface area contributed by atoms with Gasteiger partial charge in [-0.2, -0.15) is 10.2 Å². The van der Waals surface area contributed by atoms with Crippen molar-refractivity contribution in [2.24, 2.45) is 0 Å². The van der Waals surface area contributed by atoms with Crippen molar-refractivity contribution in [3.05, 3.63) is 47.5 Å². The molecule has 0 radical (unpaired) electrons. The summed E-state index contributed by atoms with van der Waals surface area (Å²) in [6.07, 6.45) is 1.03. The van der Waals surface area contributed by atoms with Crippen LogP contribution in [0.3, 0.4) is 0 Å². The molecule has 0 aliphatic heterocycles. The van der Waals surface area contributed by atoms with Crippen LogP contribution in [0, 0.1) is 24.1 Å². The fourth-order valence-electron chi connectivity index (χ4n) is 1.23. The van der Waals surface area contributed by atoms with Crippen LogP contribution < -0.4 is 4.74 Å². The first kappa shape index (κ1) is 11.0. The number of ether oxygens (including phenoxy) is 1. The molecule has 0 aliphatic rings. The Labute approximate surface area is 97.3 Å². The maximum Gasteiger partial charge on any atom is 0.322 e. The lowest BCUT2D eigenvalue weighted by atomic mass is 10.2. The van der Waals surface area contributed by atoms with Crippen molar-refractivity contribution in [1.29, 1.82) is 5.26 Å². The number of nitrogens with zero attached hydrogens (tertiary/aromatic N) is 3. The van der Waals surface area contributed by atoms with Crippen LogP contribution in [-0.4, -0.2) is 9.97 Å². The minimum atomic E-state index is -0.495. The Kier molecular flexibility index (Phi) is 2.97. The minimum Gasteiger partial charge on any atom is -0.423 e. The zero-order valence-corrected chi connectivity index (χ0v) is 9.01. The average molecular weight is 229 g/mol. The Morgan fingerprint density at radius 3 is 2.82 bits per heavy atom. The highest BCUT2D eigenvalue weighted by atomic mass is 19.1. The van der Waals surface area contributed by atoms with Gasteiger partial charge in [0.25, 0.3) is 0 Å². The summed E-state index contributed by atoms with van der Waals surface area (Å²) in [5.41, 5.74) is 0.572. The molecule has 0 amide bonds. The number of halogens is 1. The van der Waals surface area contributed by atoms with Gasteiger partial charge in [0.1, 0.15) is 11.8 Å². The van der Waals surface area contributed by atoms with E-state index >= 15 is 0 Å². The number of benzene rings is 1. The molecule has 2 rings (SSSR count). The molecule has 0 saturated carbocycles. The molecular formula is C12H8FN3O. The molecule has 1 aromatic carbocycles. The quantitative estimate of drug-likeness (QED) is 0.794. The van der Waals surface area contributed by atoms with E-state index in [1.54, 1.807) is 24.3 Å². The van der Waals surface area contributed by atoms with E-state index in [1.165, 1.54) is 6.92 Å². The van der Waals surface area contributed by atoms with Gasteiger partial charge in [-0.25, -0.2) is 9.37 Å². The summed E-state index contributed by atoms with van der Waals surface area (Å²) in [6, 6.07) is 8.70.